The molecule has 0 N–H and O–H groups in total. The molecule has 3 aromatic rings. The fraction of sp³-hybridized carbons (Fsp3) is 0.125. The molecule has 21 heavy (non-hydrogen) atoms. The van der Waals surface area contributed by atoms with E-state index in [0.717, 1.165) is 5.56 Å². The van der Waals surface area contributed by atoms with Crippen molar-refractivity contribution >= 4 is 23.4 Å². The van der Waals surface area contributed by atoms with E-state index in [2.05, 4.69) is 41.3 Å². The molecule has 0 atom stereocenters. The highest BCUT2D eigenvalue weighted by Gasteiger charge is 2.11. The van der Waals surface area contributed by atoms with Gasteiger partial charge in [0, 0.05) is 4.90 Å². The van der Waals surface area contributed by atoms with Gasteiger partial charge in [0.25, 0.3) is 5.89 Å². The molecule has 1 heterocycles. The lowest BCUT2D eigenvalue weighted by molar-refractivity contribution is 0.425. The minimum atomic E-state index is 0.458. The normalized spacial score (nSPS) is 10.8. The highest BCUT2D eigenvalue weighted by molar-refractivity contribution is 7.98. The summed E-state index contributed by atoms with van der Waals surface area (Å²) in [6.07, 6.45) is 0. The summed E-state index contributed by atoms with van der Waals surface area (Å²) in [5.41, 5.74) is 2.01. The molecule has 5 heteroatoms. The largest absolute Gasteiger partial charge is 0.334 e. The number of rotatable bonds is 4. The van der Waals surface area contributed by atoms with Crippen molar-refractivity contribution in [3.8, 4) is 11.5 Å². The lowest BCUT2D eigenvalue weighted by atomic mass is 10.2. The standard InChI is InChI=1S/C16H13ClN2OS/c1-11-6-8-12(9-7-11)21-10-15-18-16(20-19-15)13-4-2-3-5-14(13)17/h2-9H,10H2,1H3. The van der Waals surface area contributed by atoms with Gasteiger partial charge < -0.3 is 4.52 Å². The van der Waals surface area contributed by atoms with Crippen LogP contribution in [0.25, 0.3) is 11.5 Å². The summed E-state index contributed by atoms with van der Waals surface area (Å²) in [5, 5.41) is 4.61. The average Bonchev–Trinajstić information content (AvgIpc) is 2.96. The zero-order valence-corrected chi connectivity index (χ0v) is 13.0. The van der Waals surface area contributed by atoms with E-state index in [-0.39, 0.29) is 0 Å². The van der Waals surface area contributed by atoms with Gasteiger partial charge in [0.05, 0.1) is 16.3 Å². The first-order chi connectivity index (χ1) is 10.2. The van der Waals surface area contributed by atoms with Crippen LogP contribution in [0.2, 0.25) is 5.02 Å². The van der Waals surface area contributed by atoms with Gasteiger partial charge in [-0.15, -0.1) is 11.8 Å². The van der Waals surface area contributed by atoms with Crippen LogP contribution in [0.15, 0.2) is 57.9 Å². The average molecular weight is 317 g/mol. The Kier molecular flexibility index (Phi) is 4.27. The van der Waals surface area contributed by atoms with Crippen molar-refractivity contribution in [1.29, 1.82) is 0 Å². The van der Waals surface area contributed by atoms with Crippen LogP contribution in [0.5, 0.6) is 0 Å². The van der Waals surface area contributed by atoms with Gasteiger partial charge in [-0.2, -0.15) is 4.98 Å². The molecule has 0 bridgehead atoms. The van der Waals surface area contributed by atoms with E-state index < -0.39 is 0 Å². The van der Waals surface area contributed by atoms with Crippen molar-refractivity contribution in [3.63, 3.8) is 0 Å². The number of nitrogens with zero attached hydrogens (tertiary/aromatic N) is 2. The third kappa shape index (κ3) is 3.46. The van der Waals surface area contributed by atoms with Crippen LogP contribution in [0.4, 0.5) is 0 Å². The summed E-state index contributed by atoms with van der Waals surface area (Å²) in [4.78, 5) is 5.58. The van der Waals surface area contributed by atoms with E-state index in [0.29, 0.717) is 22.5 Å². The molecule has 0 fully saturated rings. The third-order valence-electron chi connectivity index (χ3n) is 2.96. The van der Waals surface area contributed by atoms with Crippen molar-refractivity contribution in [3.05, 3.63) is 64.9 Å². The Bertz CT molecular complexity index is 740. The number of benzene rings is 2. The Morgan fingerprint density at radius 2 is 1.86 bits per heavy atom. The van der Waals surface area contributed by atoms with E-state index >= 15 is 0 Å². The van der Waals surface area contributed by atoms with Crippen molar-refractivity contribution in [2.75, 3.05) is 0 Å². The fourth-order valence-corrected chi connectivity index (χ4v) is 2.80. The molecule has 0 saturated carbocycles. The number of aryl methyl sites for hydroxylation is 1. The first-order valence-electron chi connectivity index (χ1n) is 6.49. The predicted octanol–water partition coefficient (Wildman–Crippen LogP) is 4.99. The molecule has 106 valence electrons. The Morgan fingerprint density at radius 1 is 1.10 bits per heavy atom. The molecule has 0 aliphatic carbocycles. The lowest BCUT2D eigenvalue weighted by Gasteiger charge is -1.98. The number of aromatic nitrogens is 2. The van der Waals surface area contributed by atoms with Crippen LogP contribution in [0.1, 0.15) is 11.4 Å². The van der Waals surface area contributed by atoms with Gasteiger partial charge in [0.2, 0.25) is 0 Å². The lowest BCUT2D eigenvalue weighted by Crippen LogP contribution is -1.85. The summed E-state index contributed by atoms with van der Waals surface area (Å²) < 4.78 is 5.28. The van der Waals surface area contributed by atoms with Crippen LogP contribution in [-0.4, -0.2) is 10.1 Å². The van der Waals surface area contributed by atoms with Crippen LogP contribution >= 0.6 is 23.4 Å². The molecule has 2 aromatic carbocycles. The molecule has 3 nitrogen and oxygen atoms in total. The van der Waals surface area contributed by atoms with Crippen molar-refractivity contribution in [2.45, 2.75) is 17.6 Å². The van der Waals surface area contributed by atoms with Crippen LogP contribution in [-0.2, 0) is 5.75 Å². The molecule has 0 radical (unpaired) electrons. The maximum Gasteiger partial charge on any atom is 0.259 e. The second-order valence-corrected chi connectivity index (χ2v) is 6.05. The first-order valence-corrected chi connectivity index (χ1v) is 7.86. The van der Waals surface area contributed by atoms with Crippen molar-refractivity contribution in [2.24, 2.45) is 0 Å². The number of halogens is 1. The van der Waals surface area contributed by atoms with Gasteiger partial charge in [-0.3, -0.25) is 0 Å². The molecule has 0 amide bonds. The maximum atomic E-state index is 6.12. The maximum absolute atomic E-state index is 6.12. The Morgan fingerprint density at radius 3 is 2.62 bits per heavy atom. The molecule has 3 rings (SSSR count). The van der Waals surface area contributed by atoms with E-state index in [4.69, 9.17) is 16.1 Å². The summed E-state index contributed by atoms with van der Waals surface area (Å²) in [6.45, 7) is 2.07. The molecular weight excluding hydrogens is 304 g/mol. The van der Waals surface area contributed by atoms with Gasteiger partial charge in [0.15, 0.2) is 5.82 Å². The summed E-state index contributed by atoms with van der Waals surface area (Å²) in [6, 6.07) is 15.8. The van der Waals surface area contributed by atoms with Gasteiger partial charge in [-0.1, -0.05) is 46.6 Å². The highest BCUT2D eigenvalue weighted by atomic mass is 35.5. The zero-order chi connectivity index (χ0) is 14.7. The molecule has 0 aliphatic heterocycles. The summed E-state index contributed by atoms with van der Waals surface area (Å²) in [7, 11) is 0. The molecule has 1 aromatic heterocycles. The number of hydrogen-bond acceptors (Lipinski definition) is 4. The molecule has 0 unspecified atom stereocenters. The van der Waals surface area contributed by atoms with Gasteiger partial charge in [-0.25, -0.2) is 0 Å². The van der Waals surface area contributed by atoms with Crippen LogP contribution < -0.4 is 0 Å². The smallest absolute Gasteiger partial charge is 0.259 e. The second kappa shape index (κ2) is 6.33. The van der Waals surface area contributed by atoms with Gasteiger partial charge >= 0.3 is 0 Å². The van der Waals surface area contributed by atoms with E-state index in [9.17, 15) is 0 Å². The molecule has 0 spiro atoms. The second-order valence-electron chi connectivity index (χ2n) is 4.60. The molecule has 0 saturated heterocycles. The van der Waals surface area contributed by atoms with Gasteiger partial charge in [-0.05, 0) is 31.2 Å². The fourth-order valence-electron chi connectivity index (χ4n) is 1.84. The quantitative estimate of drug-likeness (QED) is 0.636. The molecular formula is C16H13ClN2OS. The topological polar surface area (TPSA) is 38.9 Å². The van der Waals surface area contributed by atoms with E-state index in [1.165, 1.54) is 10.5 Å². The van der Waals surface area contributed by atoms with Crippen LogP contribution in [0.3, 0.4) is 0 Å². The monoisotopic (exact) mass is 316 g/mol. The minimum absolute atomic E-state index is 0.458. The zero-order valence-electron chi connectivity index (χ0n) is 11.4. The summed E-state index contributed by atoms with van der Waals surface area (Å²) in [5.74, 6) is 1.78. The Labute approximate surface area is 132 Å². The highest BCUT2D eigenvalue weighted by Crippen LogP contribution is 2.27. The van der Waals surface area contributed by atoms with Crippen molar-refractivity contribution < 1.29 is 4.52 Å². The van der Waals surface area contributed by atoms with Gasteiger partial charge in [0.1, 0.15) is 0 Å². The molecule has 0 aliphatic rings. The van der Waals surface area contributed by atoms with E-state index in [1.54, 1.807) is 11.8 Å². The Balaban J connectivity index is 1.71. The predicted molar refractivity (Wildman–Crippen MR) is 85.5 cm³/mol. The van der Waals surface area contributed by atoms with Crippen molar-refractivity contribution in [1.82, 2.24) is 10.1 Å². The number of hydrogen-bond donors (Lipinski definition) is 0. The minimum Gasteiger partial charge on any atom is -0.334 e. The van der Waals surface area contributed by atoms with Crippen LogP contribution in [0, 0.1) is 6.92 Å². The third-order valence-corrected chi connectivity index (χ3v) is 4.30. The first kappa shape index (κ1) is 14.2. The summed E-state index contributed by atoms with van der Waals surface area (Å²) >= 11 is 7.80. The Hall–Kier alpha value is -1.78. The SMILES string of the molecule is Cc1ccc(SCc2noc(-c3ccccc3Cl)n2)cc1. The number of thioether (sulfide) groups is 1. The van der Waals surface area contributed by atoms with E-state index in [1.807, 2.05) is 24.3 Å².